The molecule has 0 saturated heterocycles. The third-order valence-corrected chi connectivity index (χ3v) is 4.88. The minimum Gasteiger partial charge on any atom is -0.457 e. The normalized spacial score (nSPS) is 20.3. The zero-order valence-electron chi connectivity index (χ0n) is 14.4. The highest BCUT2D eigenvalue weighted by molar-refractivity contribution is 6.13. The Morgan fingerprint density at radius 2 is 2.07 bits per heavy atom. The second-order valence-corrected chi connectivity index (χ2v) is 6.16. The van der Waals surface area contributed by atoms with E-state index in [2.05, 4.69) is 0 Å². The van der Waals surface area contributed by atoms with Crippen LogP contribution in [0, 0.1) is 11.3 Å². The molecule has 0 fully saturated rings. The molecular weight excluding hydrogens is 350 g/mol. The van der Waals surface area contributed by atoms with Crippen LogP contribution in [0.25, 0.3) is 0 Å². The number of ether oxygens (including phenoxy) is 1. The van der Waals surface area contributed by atoms with E-state index in [4.69, 9.17) is 14.9 Å². The second kappa shape index (κ2) is 5.72. The first-order chi connectivity index (χ1) is 13.0. The molecule has 3 N–H and O–H groups in total. The average Bonchev–Trinajstić information content (AvgIpc) is 2.92. The summed E-state index contributed by atoms with van der Waals surface area (Å²) < 4.78 is 11.1. The van der Waals surface area contributed by atoms with Crippen LogP contribution in [-0.4, -0.2) is 17.6 Å². The van der Waals surface area contributed by atoms with Crippen molar-refractivity contribution >= 4 is 11.6 Å². The topological polar surface area (TPSA) is 130 Å². The van der Waals surface area contributed by atoms with Gasteiger partial charge in [0, 0.05) is 23.9 Å². The molecule has 2 aliphatic heterocycles. The lowest BCUT2D eigenvalue weighted by Crippen LogP contribution is -2.46. The Hall–Kier alpha value is -3.57. The number of nitriles is 1. The van der Waals surface area contributed by atoms with Crippen LogP contribution < -0.4 is 20.8 Å². The monoisotopic (exact) mass is 365 g/mol. The van der Waals surface area contributed by atoms with Gasteiger partial charge < -0.3 is 24.9 Å². The third-order valence-electron chi connectivity index (χ3n) is 4.88. The molecule has 1 unspecified atom stereocenters. The van der Waals surface area contributed by atoms with E-state index in [0.717, 1.165) is 6.07 Å². The maximum absolute atomic E-state index is 13.6. The molecule has 4 rings (SSSR count). The maximum atomic E-state index is 13.6. The van der Waals surface area contributed by atoms with Crippen molar-refractivity contribution in [2.45, 2.75) is 18.9 Å². The lowest BCUT2D eigenvalue weighted by molar-refractivity contribution is -0.121. The number of benzene rings is 1. The molecule has 1 spiro atoms. The highest BCUT2D eigenvalue weighted by Gasteiger charge is 2.61. The molecule has 1 aromatic heterocycles. The van der Waals surface area contributed by atoms with Gasteiger partial charge in [0.1, 0.15) is 24.0 Å². The van der Waals surface area contributed by atoms with E-state index in [-0.39, 0.29) is 28.7 Å². The fourth-order valence-electron chi connectivity index (χ4n) is 3.78. The molecule has 2 aromatic rings. The summed E-state index contributed by atoms with van der Waals surface area (Å²) >= 11 is 0. The molecule has 136 valence electrons. The van der Waals surface area contributed by atoms with Crippen molar-refractivity contribution in [3.63, 3.8) is 0 Å². The summed E-state index contributed by atoms with van der Waals surface area (Å²) in [6.07, 6.45) is 0. The standard InChI is InChI=1S/C19H15N3O5/c1-2-22-13-6-4-3-5-11(13)19(18(22)25)12(8-20)17(21)27-15-14(24)7-10(9-23)26-16(15)19/h3-7,23H,2,9,21H2,1H3. The Morgan fingerprint density at radius 1 is 1.33 bits per heavy atom. The maximum Gasteiger partial charge on any atom is 0.251 e. The van der Waals surface area contributed by atoms with Crippen molar-refractivity contribution in [2.24, 2.45) is 5.73 Å². The number of rotatable bonds is 2. The smallest absolute Gasteiger partial charge is 0.251 e. The van der Waals surface area contributed by atoms with Gasteiger partial charge in [-0.05, 0) is 13.0 Å². The van der Waals surface area contributed by atoms with Gasteiger partial charge in [-0.3, -0.25) is 9.59 Å². The molecule has 8 heteroatoms. The SMILES string of the molecule is CCN1C(=O)C2(C(C#N)=C(N)Oc3c2oc(CO)cc3=O)c2ccccc21. The highest BCUT2D eigenvalue weighted by Crippen LogP contribution is 2.54. The van der Waals surface area contributed by atoms with Crippen molar-refractivity contribution in [3.8, 4) is 11.8 Å². The predicted octanol–water partition coefficient (Wildman–Crippen LogP) is 0.871. The van der Waals surface area contributed by atoms with E-state index in [1.807, 2.05) is 6.07 Å². The van der Waals surface area contributed by atoms with Crippen LogP contribution in [0.5, 0.6) is 5.75 Å². The van der Waals surface area contributed by atoms with Crippen molar-refractivity contribution in [1.29, 1.82) is 5.26 Å². The molecule has 3 heterocycles. The van der Waals surface area contributed by atoms with Gasteiger partial charge in [-0.1, -0.05) is 18.2 Å². The van der Waals surface area contributed by atoms with E-state index >= 15 is 0 Å². The Morgan fingerprint density at radius 3 is 2.74 bits per heavy atom. The van der Waals surface area contributed by atoms with Crippen LogP contribution in [0.1, 0.15) is 24.0 Å². The fourth-order valence-corrected chi connectivity index (χ4v) is 3.78. The third kappa shape index (κ3) is 1.94. The van der Waals surface area contributed by atoms with Crippen LogP contribution in [0.4, 0.5) is 5.69 Å². The summed E-state index contributed by atoms with van der Waals surface area (Å²) in [4.78, 5) is 27.6. The number of nitrogens with two attached hydrogens (primary N) is 1. The van der Waals surface area contributed by atoms with Gasteiger partial charge in [-0.2, -0.15) is 5.26 Å². The molecule has 0 bridgehead atoms. The summed E-state index contributed by atoms with van der Waals surface area (Å²) in [5, 5.41) is 19.3. The van der Waals surface area contributed by atoms with Crippen molar-refractivity contribution in [2.75, 3.05) is 11.4 Å². The van der Waals surface area contributed by atoms with Gasteiger partial charge in [-0.25, -0.2) is 0 Å². The van der Waals surface area contributed by atoms with Crippen molar-refractivity contribution in [3.05, 3.63) is 69.1 Å². The molecule has 2 aliphatic rings. The molecule has 0 aliphatic carbocycles. The zero-order chi connectivity index (χ0) is 19.3. The number of aliphatic hydroxyl groups is 1. The molecular formula is C19H15N3O5. The number of hydrogen-bond donors (Lipinski definition) is 2. The first-order valence-corrected chi connectivity index (χ1v) is 8.28. The number of anilines is 1. The van der Waals surface area contributed by atoms with Gasteiger partial charge >= 0.3 is 0 Å². The number of amides is 1. The van der Waals surface area contributed by atoms with Crippen LogP contribution in [0.15, 0.2) is 51.0 Å². The molecule has 1 atom stereocenters. The van der Waals surface area contributed by atoms with Crippen LogP contribution in [0.3, 0.4) is 0 Å². The van der Waals surface area contributed by atoms with Crippen molar-refractivity contribution in [1.82, 2.24) is 0 Å². The summed E-state index contributed by atoms with van der Waals surface area (Å²) in [6, 6.07) is 9.96. The van der Waals surface area contributed by atoms with Gasteiger partial charge in [0.25, 0.3) is 5.91 Å². The molecule has 27 heavy (non-hydrogen) atoms. The van der Waals surface area contributed by atoms with Crippen molar-refractivity contribution < 1.29 is 19.1 Å². The Labute approximate surface area is 153 Å². The number of hydrogen-bond acceptors (Lipinski definition) is 7. The predicted molar refractivity (Wildman–Crippen MR) is 93.6 cm³/mol. The number of carbonyl (C=O) groups is 1. The molecule has 1 aromatic carbocycles. The first kappa shape index (κ1) is 16.9. The molecule has 8 nitrogen and oxygen atoms in total. The Bertz CT molecular complexity index is 1110. The lowest BCUT2D eigenvalue weighted by atomic mass is 9.72. The Kier molecular flexibility index (Phi) is 3.58. The van der Waals surface area contributed by atoms with Crippen LogP contribution in [-0.2, 0) is 16.8 Å². The van der Waals surface area contributed by atoms with Gasteiger partial charge in [0.15, 0.2) is 11.2 Å². The molecule has 0 saturated carbocycles. The minimum absolute atomic E-state index is 0.0419. The molecule has 1 amide bonds. The summed E-state index contributed by atoms with van der Waals surface area (Å²) in [6.45, 7) is 1.59. The van der Waals surface area contributed by atoms with E-state index in [1.54, 1.807) is 31.2 Å². The largest absolute Gasteiger partial charge is 0.457 e. The van der Waals surface area contributed by atoms with Gasteiger partial charge in [0.2, 0.25) is 17.1 Å². The van der Waals surface area contributed by atoms with E-state index < -0.39 is 23.4 Å². The zero-order valence-corrected chi connectivity index (χ0v) is 14.4. The van der Waals surface area contributed by atoms with E-state index in [9.17, 15) is 20.0 Å². The second-order valence-electron chi connectivity index (χ2n) is 6.16. The number of nitrogens with zero attached hydrogens (tertiary/aromatic N) is 2. The minimum atomic E-state index is -1.73. The van der Waals surface area contributed by atoms with E-state index in [1.165, 1.54) is 4.90 Å². The summed E-state index contributed by atoms with van der Waals surface area (Å²) in [5.41, 5.74) is 4.52. The highest BCUT2D eigenvalue weighted by atomic mass is 16.5. The number of carbonyl (C=O) groups excluding carboxylic acids is 1. The van der Waals surface area contributed by atoms with Gasteiger partial charge in [0.05, 0.1) is 0 Å². The number of likely N-dealkylation sites (N-methyl/N-ethyl adjacent to an activating group) is 1. The quantitative estimate of drug-likeness (QED) is 0.807. The fraction of sp³-hybridized carbons (Fsp3) is 0.211. The van der Waals surface area contributed by atoms with E-state index in [0.29, 0.717) is 17.8 Å². The van der Waals surface area contributed by atoms with Crippen LogP contribution in [0.2, 0.25) is 0 Å². The number of fused-ring (bicyclic) bond motifs is 4. The lowest BCUT2D eigenvalue weighted by Gasteiger charge is -2.32. The Balaban J connectivity index is 2.20. The summed E-state index contributed by atoms with van der Waals surface area (Å²) in [7, 11) is 0. The number of aliphatic hydroxyl groups excluding tert-OH is 1. The average molecular weight is 365 g/mol. The first-order valence-electron chi connectivity index (χ1n) is 8.28. The molecule has 0 radical (unpaired) electrons. The summed E-state index contributed by atoms with van der Waals surface area (Å²) in [5.74, 6) is -1.23. The number of para-hydroxylation sites is 1. The van der Waals surface area contributed by atoms with Gasteiger partial charge in [-0.15, -0.1) is 0 Å². The van der Waals surface area contributed by atoms with Crippen LogP contribution >= 0.6 is 0 Å².